The van der Waals surface area contributed by atoms with Crippen molar-refractivity contribution < 1.29 is 0 Å². The van der Waals surface area contributed by atoms with Gasteiger partial charge in [0.2, 0.25) is 0 Å². The molecular weight excluding hydrogens is 290 g/mol. The molecule has 0 amide bonds. The summed E-state index contributed by atoms with van der Waals surface area (Å²) >= 11 is 8.36. The zero-order chi connectivity index (χ0) is 15.1. The van der Waals surface area contributed by atoms with Gasteiger partial charge in [0.1, 0.15) is 0 Å². The molecule has 3 nitrogen and oxygen atoms in total. The van der Waals surface area contributed by atoms with Crippen molar-refractivity contribution in [3.63, 3.8) is 0 Å². The molecule has 1 rings (SSSR count). The first kappa shape index (κ1) is 17.9. The maximum Gasteiger partial charge on any atom is 0.0834 e. The van der Waals surface area contributed by atoms with E-state index in [-0.39, 0.29) is 6.04 Å². The molecule has 0 saturated heterocycles. The summed E-state index contributed by atoms with van der Waals surface area (Å²) in [6.07, 6.45) is 2.89. The van der Waals surface area contributed by atoms with Crippen LogP contribution in [0.15, 0.2) is 6.20 Å². The minimum atomic E-state index is 0.274. The first-order valence-electron chi connectivity index (χ1n) is 7.51. The lowest BCUT2D eigenvalue weighted by atomic mass is 10.2. The van der Waals surface area contributed by atoms with Gasteiger partial charge in [0, 0.05) is 11.8 Å². The Kier molecular flexibility index (Phi) is 8.00. The van der Waals surface area contributed by atoms with E-state index in [4.69, 9.17) is 11.6 Å². The molecule has 0 aliphatic heterocycles. The third-order valence-electron chi connectivity index (χ3n) is 2.98. The van der Waals surface area contributed by atoms with Crippen LogP contribution in [0.1, 0.15) is 58.8 Å². The second kappa shape index (κ2) is 8.96. The van der Waals surface area contributed by atoms with E-state index in [0.717, 1.165) is 35.4 Å². The van der Waals surface area contributed by atoms with Crippen LogP contribution in [-0.2, 0) is 0 Å². The maximum atomic E-state index is 6.37. The molecule has 1 atom stereocenters. The molecule has 20 heavy (non-hydrogen) atoms. The molecule has 0 aliphatic rings. The molecule has 1 aromatic heterocycles. The maximum absolute atomic E-state index is 6.37. The molecule has 0 bridgehead atoms. The van der Waals surface area contributed by atoms with Gasteiger partial charge in [-0.1, -0.05) is 32.4 Å². The summed E-state index contributed by atoms with van der Waals surface area (Å²) in [4.78, 5) is 0. The van der Waals surface area contributed by atoms with E-state index < -0.39 is 0 Å². The minimum Gasteiger partial charge on any atom is -0.308 e. The number of nitrogens with zero attached hydrogens (tertiary/aromatic N) is 2. The molecule has 1 aromatic rings. The SMILES string of the molecule is CCCNC(CSCC(C)C)c1c(Cl)cnn1C(C)C. The second-order valence-electron chi connectivity index (χ2n) is 5.85. The summed E-state index contributed by atoms with van der Waals surface area (Å²) in [5, 5.41) is 8.81. The standard InChI is InChI=1S/C15H28ClN3S/c1-6-7-17-14(10-20-9-11(2)3)15-13(16)8-18-19(15)12(4)5/h8,11-12,14,17H,6-7,9-10H2,1-5H3. The van der Waals surface area contributed by atoms with E-state index in [9.17, 15) is 0 Å². The lowest BCUT2D eigenvalue weighted by molar-refractivity contribution is 0.463. The molecule has 1 N–H and O–H groups in total. The Labute approximate surface area is 132 Å². The number of halogens is 1. The Hall–Kier alpha value is -0.190. The number of hydrogen-bond acceptors (Lipinski definition) is 3. The average Bonchev–Trinajstić information content (AvgIpc) is 2.75. The molecule has 5 heteroatoms. The Morgan fingerprint density at radius 3 is 2.55 bits per heavy atom. The molecule has 1 unspecified atom stereocenters. The quantitative estimate of drug-likeness (QED) is 0.724. The van der Waals surface area contributed by atoms with E-state index in [2.05, 4.69) is 45.0 Å². The van der Waals surface area contributed by atoms with Crippen molar-refractivity contribution in [3.05, 3.63) is 16.9 Å². The van der Waals surface area contributed by atoms with Crippen LogP contribution in [0.2, 0.25) is 5.02 Å². The van der Waals surface area contributed by atoms with Gasteiger partial charge in [-0.2, -0.15) is 16.9 Å². The van der Waals surface area contributed by atoms with Gasteiger partial charge in [0.25, 0.3) is 0 Å². The van der Waals surface area contributed by atoms with Crippen LogP contribution in [0.25, 0.3) is 0 Å². The third-order valence-corrected chi connectivity index (χ3v) is 4.75. The fourth-order valence-electron chi connectivity index (χ4n) is 2.06. The molecule has 0 spiro atoms. The fourth-order valence-corrected chi connectivity index (χ4v) is 3.44. The van der Waals surface area contributed by atoms with Crippen molar-refractivity contribution in [2.45, 2.75) is 53.1 Å². The predicted octanol–water partition coefficient (Wildman–Crippen LogP) is 4.55. The van der Waals surface area contributed by atoms with E-state index in [1.54, 1.807) is 6.20 Å². The van der Waals surface area contributed by atoms with Gasteiger partial charge in [0.15, 0.2) is 0 Å². The number of nitrogens with one attached hydrogen (secondary N) is 1. The van der Waals surface area contributed by atoms with Crippen LogP contribution < -0.4 is 5.32 Å². The Morgan fingerprint density at radius 2 is 2.00 bits per heavy atom. The lowest BCUT2D eigenvalue weighted by Gasteiger charge is -2.22. The zero-order valence-electron chi connectivity index (χ0n) is 13.3. The van der Waals surface area contributed by atoms with Crippen molar-refractivity contribution in [1.29, 1.82) is 0 Å². The topological polar surface area (TPSA) is 29.9 Å². The Balaban J connectivity index is 2.83. The van der Waals surface area contributed by atoms with Crippen molar-refractivity contribution in [2.24, 2.45) is 5.92 Å². The van der Waals surface area contributed by atoms with Gasteiger partial charge < -0.3 is 5.32 Å². The van der Waals surface area contributed by atoms with Gasteiger partial charge in [-0.05, 0) is 38.5 Å². The first-order chi connectivity index (χ1) is 9.47. The van der Waals surface area contributed by atoms with Gasteiger partial charge >= 0.3 is 0 Å². The van der Waals surface area contributed by atoms with E-state index >= 15 is 0 Å². The van der Waals surface area contributed by atoms with Crippen LogP contribution in [0.4, 0.5) is 0 Å². The van der Waals surface area contributed by atoms with E-state index in [0.29, 0.717) is 6.04 Å². The van der Waals surface area contributed by atoms with Gasteiger partial charge in [0.05, 0.1) is 23.0 Å². The number of rotatable bonds is 9. The zero-order valence-corrected chi connectivity index (χ0v) is 14.9. The highest BCUT2D eigenvalue weighted by molar-refractivity contribution is 7.99. The molecule has 0 aromatic carbocycles. The molecule has 1 heterocycles. The molecule has 0 radical (unpaired) electrons. The largest absolute Gasteiger partial charge is 0.308 e. The predicted molar refractivity (Wildman–Crippen MR) is 90.8 cm³/mol. The highest BCUT2D eigenvalue weighted by atomic mass is 35.5. The third kappa shape index (κ3) is 5.30. The normalized spacial score (nSPS) is 13.4. The molecule has 0 saturated carbocycles. The highest BCUT2D eigenvalue weighted by Crippen LogP contribution is 2.28. The number of aromatic nitrogens is 2. The summed E-state index contributed by atoms with van der Waals surface area (Å²) in [6, 6.07) is 0.606. The van der Waals surface area contributed by atoms with Crippen molar-refractivity contribution >= 4 is 23.4 Å². The van der Waals surface area contributed by atoms with E-state index in [1.165, 1.54) is 5.75 Å². The van der Waals surface area contributed by atoms with Crippen LogP contribution in [0.3, 0.4) is 0 Å². The summed E-state index contributed by atoms with van der Waals surface area (Å²) in [7, 11) is 0. The lowest BCUT2D eigenvalue weighted by Crippen LogP contribution is -2.27. The molecule has 0 fully saturated rings. The smallest absolute Gasteiger partial charge is 0.0834 e. The van der Waals surface area contributed by atoms with Crippen molar-refractivity contribution in [1.82, 2.24) is 15.1 Å². The van der Waals surface area contributed by atoms with E-state index in [1.807, 2.05) is 16.4 Å². The summed E-state index contributed by atoms with van der Waals surface area (Å²) in [6.45, 7) is 12.0. The van der Waals surface area contributed by atoms with Crippen LogP contribution in [0.5, 0.6) is 0 Å². The van der Waals surface area contributed by atoms with Gasteiger partial charge in [-0.3, -0.25) is 4.68 Å². The second-order valence-corrected chi connectivity index (χ2v) is 7.34. The monoisotopic (exact) mass is 317 g/mol. The summed E-state index contributed by atoms with van der Waals surface area (Å²) in [5.74, 6) is 2.94. The Morgan fingerprint density at radius 1 is 1.30 bits per heavy atom. The van der Waals surface area contributed by atoms with Crippen LogP contribution in [-0.4, -0.2) is 27.8 Å². The molecule has 116 valence electrons. The summed E-state index contributed by atoms with van der Waals surface area (Å²) in [5.41, 5.74) is 1.13. The van der Waals surface area contributed by atoms with Crippen LogP contribution >= 0.6 is 23.4 Å². The number of hydrogen-bond donors (Lipinski definition) is 1. The van der Waals surface area contributed by atoms with Crippen LogP contribution in [0, 0.1) is 5.92 Å². The molecule has 0 aliphatic carbocycles. The first-order valence-corrected chi connectivity index (χ1v) is 9.04. The summed E-state index contributed by atoms with van der Waals surface area (Å²) < 4.78 is 2.05. The fraction of sp³-hybridized carbons (Fsp3) is 0.800. The van der Waals surface area contributed by atoms with Gasteiger partial charge in [-0.15, -0.1) is 0 Å². The highest BCUT2D eigenvalue weighted by Gasteiger charge is 2.21. The Bertz CT molecular complexity index is 390. The molecular formula is C15H28ClN3S. The van der Waals surface area contributed by atoms with Crippen molar-refractivity contribution in [3.8, 4) is 0 Å². The minimum absolute atomic E-state index is 0.274. The van der Waals surface area contributed by atoms with Crippen molar-refractivity contribution in [2.75, 3.05) is 18.1 Å². The van der Waals surface area contributed by atoms with Gasteiger partial charge in [-0.25, -0.2) is 0 Å². The average molecular weight is 318 g/mol. The number of thioether (sulfide) groups is 1.